The van der Waals surface area contributed by atoms with Crippen LogP contribution in [-0.4, -0.2) is 12.6 Å². The Labute approximate surface area is 98.2 Å². The van der Waals surface area contributed by atoms with Crippen molar-refractivity contribution in [3.8, 4) is 0 Å². The van der Waals surface area contributed by atoms with Gasteiger partial charge in [-0.05, 0) is 17.7 Å². The van der Waals surface area contributed by atoms with Crippen LogP contribution in [0.1, 0.15) is 31.9 Å². The van der Waals surface area contributed by atoms with Gasteiger partial charge in [0.05, 0.1) is 0 Å². The van der Waals surface area contributed by atoms with Gasteiger partial charge in [-0.1, -0.05) is 45.0 Å². The molecule has 2 heteroatoms. The van der Waals surface area contributed by atoms with Crippen LogP contribution in [0.2, 0.25) is 0 Å². The maximum Gasteiger partial charge on any atom is 0.151 e. The number of hydrogen-bond donors (Lipinski definition) is 1. The first-order valence-electron chi connectivity index (χ1n) is 5.11. The molecule has 0 bridgehead atoms. The molecule has 16 heavy (non-hydrogen) atoms. The van der Waals surface area contributed by atoms with Gasteiger partial charge in [-0.2, -0.15) is 0 Å². The molecule has 0 saturated heterocycles. The lowest BCUT2D eigenvalue weighted by Crippen LogP contribution is -2.11. The van der Waals surface area contributed by atoms with Crippen molar-refractivity contribution in [1.29, 1.82) is 5.41 Å². The van der Waals surface area contributed by atoms with Gasteiger partial charge in [0.1, 0.15) is 0 Å². The van der Waals surface area contributed by atoms with Gasteiger partial charge < -0.3 is 0 Å². The molecule has 0 heterocycles. The molecule has 0 aliphatic rings. The third-order valence-electron chi connectivity index (χ3n) is 2.18. The second-order valence-electron chi connectivity index (χ2n) is 4.33. The number of rotatable bonds is 1. The molecule has 0 unspecified atom stereocenters. The van der Waals surface area contributed by atoms with Crippen molar-refractivity contribution in [2.24, 2.45) is 4.99 Å². The molecular weight excluding hydrogens is 196 g/mol. The highest BCUT2D eigenvalue weighted by Gasteiger charge is 2.13. The lowest BCUT2D eigenvalue weighted by molar-refractivity contribution is 0.590. The normalized spacial score (nSPS) is 9.94. The lowest BCUT2D eigenvalue weighted by Gasteiger charge is -2.18. The first-order valence-corrected chi connectivity index (χ1v) is 5.11. The largest absolute Gasteiger partial charge is 0.282 e. The Morgan fingerprint density at radius 3 is 1.88 bits per heavy atom. The number of amidine groups is 1. The molecule has 0 radical (unpaired) electrons. The van der Waals surface area contributed by atoms with Crippen LogP contribution in [0.3, 0.4) is 0 Å². The number of benzene rings is 1. The van der Waals surface area contributed by atoms with E-state index in [0.717, 1.165) is 5.56 Å². The average molecular weight is 216 g/mol. The summed E-state index contributed by atoms with van der Waals surface area (Å²) in [6.07, 6.45) is 0. The van der Waals surface area contributed by atoms with Crippen LogP contribution in [0.4, 0.5) is 0 Å². The Morgan fingerprint density at radius 1 is 1.12 bits per heavy atom. The minimum absolute atomic E-state index is 0.155. The molecular formula is C14H20N2. The van der Waals surface area contributed by atoms with Gasteiger partial charge in [-0.3, -0.25) is 5.41 Å². The van der Waals surface area contributed by atoms with E-state index < -0.39 is 0 Å². The predicted molar refractivity (Wildman–Crippen MR) is 72.8 cm³/mol. The van der Waals surface area contributed by atoms with Crippen molar-refractivity contribution in [2.75, 3.05) is 0 Å². The van der Waals surface area contributed by atoms with Gasteiger partial charge in [0.25, 0.3) is 0 Å². The van der Waals surface area contributed by atoms with E-state index in [1.165, 1.54) is 5.56 Å². The minimum atomic E-state index is 0.155. The van der Waals surface area contributed by atoms with Gasteiger partial charge >= 0.3 is 0 Å². The highest BCUT2D eigenvalue weighted by atomic mass is 14.8. The van der Waals surface area contributed by atoms with Crippen LogP contribution >= 0.6 is 0 Å². The van der Waals surface area contributed by atoms with E-state index in [0.29, 0.717) is 0 Å². The maximum absolute atomic E-state index is 7.48. The Bertz CT molecular complexity index is 355. The summed E-state index contributed by atoms with van der Waals surface area (Å²) in [7, 11) is 0. The van der Waals surface area contributed by atoms with Crippen molar-refractivity contribution in [3.05, 3.63) is 48.6 Å². The minimum Gasteiger partial charge on any atom is -0.282 e. The first kappa shape index (κ1) is 14.3. The molecule has 0 atom stereocenters. The summed E-state index contributed by atoms with van der Waals surface area (Å²) in [4.78, 5) is 3.58. The predicted octanol–water partition coefficient (Wildman–Crippen LogP) is 3.81. The van der Waals surface area contributed by atoms with E-state index in [1.807, 2.05) is 24.3 Å². The number of nitrogens with one attached hydrogen (secondary N) is 1. The van der Waals surface area contributed by atoms with Crippen molar-refractivity contribution in [3.63, 3.8) is 0 Å². The Hall–Kier alpha value is -1.70. The summed E-state index contributed by atoms with van der Waals surface area (Å²) in [5, 5.41) is 7.48. The van der Waals surface area contributed by atoms with Crippen LogP contribution in [0.25, 0.3) is 0 Å². The Balaban J connectivity index is 0.00000106. The lowest BCUT2D eigenvalue weighted by atomic mass is 9.87. The third-order valence-corrected chi connectivity index (χ3v) is 2.18. The zero-order chi connectivity index (χ0) is 12.8. The summed E-state index contributed by atoms with van der Waals surface area (Å²) in [5.41, 5.74) is 2.23. The first-order chi connectivity index (χ1) is 7.45. The Kier molecular flexibility index (Phi) is 5.37. The Morgan fingerprint density at radius 2 is 1.56 bits per heavy atom. The van der Waals surface area contributed by atoms with Gasteiger partial charge in [0.2, 0.25) is 0 Å². The van der Waals surface area contributed by atoms with Crippen molar-refractivity contribution < 1.29 is 0 Å². The zero-order valence-corrected chi connectivity index (χ0v) is 10.4. The van der Waals surface area contributed by atoms with E-state index in [4.69, 9.17) is 5.41 Å². The molecule has 0 fully saturated rings. The molecule has 0 saturated carbocycles. The van der Waals surface area contributed by atoms with E-state index in [1.54, 1.807) is 0 Å². The van der Waals surface area contributed by atoms with E-state index >= 15 is 0 Å². The van der Waals surface area contributed by atoms with Gasteiger partial charge in [0.15, 0.2) is 5.84 Å². The summed E-state index contributed by atoms with van der Waals surface area (Å²) < 4.78 is 0. The fourth-order valence-corrected chi connectivity index (χ4v) is 1.22. The SMILES string of the molecule is C=C.C=NC(=N)c1ccc(C(C)(C)C)cc1. The number of aliphatic imine (C=N–C) groups is 1. The molecule has 0 amide bonds. The highest BCUT2D eigenvalue weighted by molar-refractivity contribution is 5.99. The van der Waals surface area contributed by atoms with Gasteiger partial charge in [-0.25, -0.2) is 4.99 Å². The summed E-state index contributed by atoms with van der Waals surface area (Å²) in [6, 6.07) is 7.90. The van der Waals surface area contributed by atoms with Crippen LogP contribution in [-0.2, 0) is 5.41 Å². The summed E-state index contributed by atoms with van der Waals surface area (Å²) in [5.74, 6) is 0.227. The zero-order valence-electron chi connectivity index (χ0n) is 10.4. The van der Waals surface area contributed by atoms with Crippen LogP contribution in [0.5, 0.6) is 0 Å². The van der Waals surface area contributed by atoms with Gasteiger partial charge in [-0.15, -0.1) is 13.2 Å². The van der Waals surface area contributed by atoms with Crippen molar-refractivity contribution >= 4 is 12.6 Å². The fraction of sp³-hybridized carbons (Fsp3) is 0.286. The molecule has 1 aromatic rings. The quantitative estimate of drug-likeness (QED) is 0.421. The molecule has 1 rings (SSSR count). The molecule has 0 aromatic heterocycles. The second-order valence-corrected chi connectivity index (χ2v) is 4.33. The molecule has 1 N–H and O–H groups in total. The molecule has 86 valence electrons. The van der Waals surface area contributed by atoms with Gasteiger partial charge in [0, 0.05) is 5.56 Å². The second kappa shape index (κ2) is 6.01. The fourth-order valence-electron chi connectivity index (χ4n) is 1.22. The average Bonchev–Trinajstić information content (AvgIpc) is 2.30. The van der Waals surface area contributed by atoms with E-state index in [-0.39, 0.29) is 11.3 Å². The smallest absolute Gasteiger partial charge is 0.151 e. The molecule has 1 aromatic carbocycles. The molecule has 0 aliphatic carbocycles. The third kappa shape index (κ3) is 3.81. The number of nitrogens with zero attached hydrogens (tertiary/aromatic N) is 1. The molecule has 2 nitrogen and oxygen atoms in total. The topological polar surface area (TPSA) is 36.2 Å². The van der Waals surface area contributed by atoms with Crippen LogP contribution in [0.15, 0.2) is 42.4 Å². The van der Waals surface area contributed by atoms with E-state index in [2.05, 4.69) is 45.6 Å². The van der Waals surface area contributed by atoms with Crippen LogP contribution < -0.4 is 0 Å². The number of hydrogen-bond acceptors (Lipinski definition) is 1. The van der Waals surface area contributed by atoms with Crippen LogP contribution in [0, 0.1) is 5.41 Å². The summed E-state index contributed by atoms with van der Waals surface area (Å²) in [6.45, 7) is 15.8. The molecule has 0 aliphatic heterocycles. The van der Waals surface area contributed by atoms with Crippen molar-refractivity contribution in [2.45, 2.75) is 26.2 Å². The van der Waals surface area contributed by atoms with Crippen molar-refractivity contribution in [1.82, 2.24) is 0 Å². The van der Waals surface area contributed by atoms with E-state index in [9.17, 15) is 0 Å². The monoisotopic (exact) mass is 216 g/mol. The maximum atomic E-state index is 7.48. The standard InChI is InChI=1S/C12H16N2.C2H4/c1-12(2,3)10-7-5-9(6-8-10)11(13)14-4;1-2/h5-8,13H,4H2,1-3H3;1-2H2. The molecule has 0 spiro atoms. The summed E-state index contributed by atoms with van der Waals surface area (Å²) >= 11 is 0. The highest BCUT2D eigenvalue weighted by Crippen LogP contribution is 2.22.